The van der Waals surface area contributed by atoms with E-state index >= 15 is 0 Å². The Morgan fingerprint density at radius 1 is 1.43 bits per heavy atom. The van der Waals surface area contributed by atoms with E-state index in [0.29, 0.717) is 5.56 Å². The number of nitrogens with zero attached hydrogens (tertiary/aromatic N) is 2. The van der Waals surface area contributed by atoms with Crippen LogP contribution in [0.15, 0.2) is 42.9 Å². The molecule has 5 heteroatoms. The number of aromatic nitrogens is 3. The van der Waals surface area contributed by atoms with Gasteiger partial charge in [0, 0.05) is 30.4 Å². The van der Waals surface area contributed by atoms with Gasteiger partial charge in [0.15, 0.2) is 0 Å². The standard InChI is InChI=1S/C16H18N4O/c1-3-14(12-9-18-20(2)10-12)19-16(21)13-6-4-5-11-7-8-17-15(11)13/h4-10,14,17H,3H2,1-2H3,(H,19,21). The van der Waals surface area contributed by atoms with Crippen molar-refractivity contribution >= 4 is 16.8 Å². The number of aromatic amines is 1. The molecule has 2 aromatic heterocycles. The van der Waals surface area contributed by atoms with E-state index in [1.807, 2.05) is 50.6 Å². The normalized spacial score (nSPS) is 12.5. The van der Waals surface area contributed by atoms with E-state index in [4.69, 9.17) is 0 Å². The Hall–Kier alpha value is -2.56. The summed E-state index contributed by atoms with van der Waals surface area (Å²) in [6, 6.07) is 7.66. The monoisotopic (exact) mass is 282 g/mol. The highest BCUT2D eigenvalue weighted by Gasteiger charge is 2.17. The quantitative estimate of drug-likeness (QED) is 0.773. The second-order valence-corrected chi connectivity index (χ2v) is 5.13. The number of para-hydroxylation sites is 1. The average Bonchev–Trinajstić information content (AvgIpc) is 3.12. The Labute approximate surface area is 123 Å². The van der Waals surface area contributed by atoms with Crippen LogP contribution in [0.25, 0.3) is 10.9 Å². The van der Waals surface area contributed by atoms with Gasteiger partial charge >= 0.3 is 0 Å². The lowest BCUT2D eigenvalue weighted by molar-refractivity contribution is 0.0937. The fourth-order valence-corrected chi connectivity index (χ4v) is 2.55. The first-order valence-corrected chi connectivity index (χ1v) is 7.04. The lowest BCUT2D eigenvalue weighted by Crippen LogP contribution is -2.28. The smallest absolute Gasteiger partial charge is 0.253 e. The summed E-state index contributed by atoms with van der Waals surface area (Å²) in [6.45, 7) is 2.05. The average molecular weight is 282 g/mol. The molecule has 0 spiro atoms. The predicted octanol–water partition coefficient (Wildman–Crippen LogP) is 2.78. The van der Waals surface area contributed by atoms with Crippen molar-refractivity contribution in [2.45, 2.75) is 19.4 Å². The molecule has 1 aromatic carbocycles. The Kier molecular flexibility index (Phi) is 3.48. The number of aryl methyl sites for hydroxylation is 1. The van der Waals surface area contributed by atoms with E-state index in [0.717, 1.165) is 22.9 Å². The van der Waals surface area contributed by atoms with Crippen molar-refractivity contribution in [1.29, 1.82) is 0 Å². The zero-order chi connectivity index (χ0) is 14.8. The zero-order valence-corrected chi connectivity index (χ0v) is 12.1. The second-order valence-electron chi connectivity index (χ2n) is 5.13. The van der Waals surface area contributed by atoms with Crippen LogP contribution in [0.5, 0.6) is 0 Å². The first kappa shape index (κ1) is 13.4. The van der Waals surface area contributed by atoms with Crippen LogP contribution in [-0.2, 0) is 7.05 Å². The molecule has 0 aliphatic heterocycles. The molecule has 1 amide bonds. The van der Waals surface area contributed by atoms with Gasteiger partial charge in [-0.25, -0.2) is 0 Å². The zero-order valence-electron chi connectivity index (χ0n) is 12.1. The van der Waals surface area contributed by atoms with Gasteiger partial charge < -0.3 is 10.3 Å². The van der Waals surface area contributed by atoms with Crippen molar-refractivity contribution in [3.63, 3.8) is 0 Å². The molecule has 0 saturated heterocycles. The van der Waals surface area contributed by atoms with Crippen LogP contribution in [0.1, 0.15) is 35.3 Å². The molecule has 1 atom stereocenters. The summed E-state index contributed by atoms with van der Waals surface area (Å²) in [5, 5.41) is 8.29. The van der Waals surface area contributed by atoms with Gasteiger partial charge in [-0.15, -0.1) is 0 Å². The van der Waals surface area contributed by atoms with Crippen LogP contribution in [0.4, 0.5) is 0 Å². The Morgan fingerprint density at radius 3 is 3.00 bits per heavy atom. The summed E-state index contributed by atoms with van der Waals surface area (Å²) in [4.78, 5) is 15.7. The highest BCUT2D eigenvalue weighted by molar-refractivity contribution is 6.05. The van der Waals surface area contributed by atoms with Crippen molar-refractivity contribution in [3.05, 3.63) is 54.0 Å². The van der Waals surface area contributed by atoms with E-state index in [1.165, 1.54) is 0 Å². The molecule has 3 rings (SSSR count). The maximum atomic E-state index is 12.5. The highest BCUT2D eigenvalue weighted by Crippen LogP contribution is 2.20. The number of nitrogens with one attached hydrogen (secondary N) is 2. The molecule has 21 heavy (non-hydrogen) atoms. The third kappa shape index (κ3) is 2.54. The van der Waals surface area contributed by atoms with Crippen LogP contribution in [0.3, 0.4) is 0 Å². The van der Waals surface area contributed by atoms with Crippen molar-refractivity contribution in [3.8, 4) is 0 Å². The topological polar surface area (TPSA) is 62.7 Å². The van der Waals surface area contributed by atoms with Gasteiger partial charge in [-0.1, -0.05) is 19.1 Å². The molecule has 108 valence electrons. The molecular formula is C16H18N4O. The highest BCUT2D eigenvalue weighted by atomic mass is 16.1. The summed E-state index contributed by atoms with van der Waals surface area (Å²) in [5.74, 6) is -0.0706. The molecular weight excluding hydrogens is 264 g/mol. The van der Waals surface area contributed by atoms with E-state index in [1.54, 1.807) is 10.9 Å². The molecule has 0 saturated carbocycles. The lowest BCUT2D eigenvalue weighted by Gasteiger charge is -2.15. The van der Waals surface area contributed by atoms with Crippen LogP contribution < -0.4 is 5.32 Å². The van der Waals surface area contributed by atoms with Gasteiger partial charge in [0.1, 0.15) is 0 Å². The number of H-pyrrole nitrogens is 1. The van der Waals surface area contributed by atoms with E-state index < -0.39 is 0 Å². The Morgan fingerprint density at radius 2 is 2.29 bits per heavy atom. The SMILES string of the molecule is CCC(NC(=O)c1cccc2cc[nH]c12)c1cnn(C)c1. The molecule has 5 nitrogen and oxygen atoms in total. The number of hydrogen-bond donors (Lipinski definition) is 2. The van der Waals surface area contributed by atoms with E-state index in [9.17, 15) is 4.79 Å². The van der Waals surface area contributed by atoms with Crippen LogP contribution in [-0.4, -0.2) is 20.7 Å². The first-order chi connectivity index (χ1) is 10.2. The number of hydrogen-bond acceptors (Lipinski definition) is 2. The maximum Gasteiger partial charge on any atom is 0.253 e. The summed E-state index contributed by atoms with van der Waals surface area (Å²) in [6.07, 6.45) is 6.39. The van der Waals surface area contributed by atoms with Gasteiger partial charge in [-0.05, 0) is 18.6 Å². The molecule has 0 aliphatic carbocycles. The van der Waals surface area contributed by atoms with Crippen LogP contribution >= 0.6 is 0 Å². The third-order valence-corrected chi connectivity index (χ3v) is 3.67. The number of amides is 1. The van der Waals surface area contributed by atoms with E-state index in [-0.39, 0.29) is 11.9 Å². The van der Waals surface area contributed by atoms with Gasteiger partial charge in [0.2, 0.25) is 0 Å². The molecule has 0 bridgehead atoms. The summed E-state index contributed by atoms with van der Waals surface area (Å²) in [5.41, 5.74) is 2.56. The fraction of sp³-hybridized carbons (Fsp3) is 0.250. The molecule has 2 heterocycles. The maximum absolute atomic E-state index is 12.5. The van der Waals surface area contributed by atoms with Crippen molar-refractivity contribution < 1.29 is 4.79 Å². The van der Waals surface area contributed by atoms with Gasteiger partial charge in [-0.2, -0.15) is 5.10 Å². The Bertz CT molecular complexity index is 771. The molecule has 3 aromatic rings. The molecule has 0 radical (unpaired) electrons. The fourth-order valence-electron chi connectivity index (χ4n) is 2.55. The van der Waals surface area contributed by atoms with Crippen molar-refractivity contribution in [2.75, 3.05) is 0 Å². The molecule has 1 unspecified atom stereocenters. The molecule has 0 fully saturated rings. The largest absolute Gasteiger partial charge is 0.361 e. The predicted molar refractivity (Wildman–Crippen MR) is 82.0 cm³/mol. The van der Waals surface area contributed by atoms with Gasteiger partial charge in [-0.3, -0.25) is 9.48 Å². The lowest BCUT2D eigenvalue weighted by atomic mass is 10.1. The number of fused-ring (bicyclic) bond motifs is 1. The summed E-state index contributed by atoms with van der Waals surface area (Å²) < 4.78 is 1.75. The Balaban J connectivity index is 1.86. The number of carbonyl (C=O) groups is 1. The summed E-state index contributed by atoms with van der Waals surface area (Å²) in [7, 11) is 1.87. The summed E-state index contributed by atoms with van der Waals surface area (Å²) >= 11 is 0. The van der Waals surface area contributed by atoms with Gasteiger partial charge in [0.05, 0.1) is 23.3 Å². The first-order valence-electron chi connectivity index (χ1n) is 7.04. The number of rotatable bonds is 4. The third-order valence-electron chi connectivity index (χ3n) is 3.67. The minimum atomic E-state index is -0.0706. The van der Waals surface area contributed by atoms with E-state index in [2.05, 4.69) is 15.4 Å². The van der Waals surface area contributed by atoms with Crippen LogP contribution in [0.2, 0.25) is 0 Å². The number of benzene rings is 1. The molecule has 0 aliphatic rings. The number of carbonyl (C=O) groups excluding carboxylic acids is 1. The van der Waals surface area contributed by atoms with Gasteiger partial charge in [0.25, 0.3) is 5.91 Å². The van der Waals surface area contributed by atoms with Crippen LogP contribution in [0, 0.1) is 0 Å². The van der Waals surface area contributed by atoms with Crippen molar-refractivity contribution in [2.24, 2.45) is 7.05 Å². The molecule has 2 N–H and O–H groups in total. The second kappa shape index (κ2) is 5.44. The van der Waals surface area contributed by atoms with Crippen molar-refractivity contribution in [1.82, 2.24) is 20.1 Å². The minimum absolute atomic E-state index is 0.0311. The minimum Gasteiger partial charge on any atom is -0.361 e.